The summed E-state index contributed by atoms with van der Waals surface area (Å²) in [7, 11) is 0. The molecule has 1 heteroatoms. The second-order valence-electron chi connectivity index (χ2n) is 16.2. The predicted octanol–water partition coefficient (Wildman–Crippen LogP) is 16.1. The molecule has 0 fully saturated rings. The molecule has 9 aromatic carbocycles. The minimum Gasteiger partial charge on any atom is -0.310 e. The molecule has 9 aromatic rings. The Kier molecular flexibility index (Phi) is 9.15. The van der Waals surface area contributed by atoms with E-state index in [0.717, 1.165) is 17.1 Å². The number of benzene rings is 9. The van der Waals surface area contributed by atoms with Gasteiger partial charge in [-0.05, 0) is 121 Å². The molecule has 10 rings (SSSR count). The molecule has 0 heterocycles. The van der Waals surface area contributed by atoms with Crippen molar-refractivity contribution in [1.82, 2.24) is 0 Å². The van der Waals surface area contributed by atoms with E-state index in [2.05, 4.69) is 244 Å². The maximum Gasteiger partial charge on any atom is 0.0540 e. The fraction of sp³-hybridized carbons (Fsp3) is 0.0690. The van der Waals surface area contributed by atoms with Crippen LogP contribution in [0.5, 0.6) is 0 Å². The van der Waals surface area contributed by atoms with Crippen molar-refractivity contribution in [3.8, 4) is 66.8 Å². The molecule has 0 aliphatic heterocycles. The molecule has 0 atom stereocenters. The lowest BCUT2D eigenvalue weighted by Crippen LogP contribution is -2.17. The molecule has 0 N–H and O–H groups in total. The van der Waals surface area contributed by atoms with Gasteiger partial charge in [-0.3, -0.25) is 0 Å². The van der Waals surface area contributed by atoms with E-state index in [9.17, 15) is 0 Å². The van der Waals surface area contributed by atoms with Gasteiger partial charge >= 0.3 is 0 Å². The molecule has 1 aliphatic rings. The Morgan fingerprint density at radius 1 is 0.305 bits per heavy atom. The van der Waals surface area contributed by atoms with Gasteiger partial charge in [-0.1, -0.05) is 196 Å². The summed E-state index contributed by atoms with van der Waals surface area (Å²) in [5.41, 5.74) is 21.9. The maximum atomic E-state index is 2.47. The second-order valence-corrected chi connectivity index (χ2v) is 16.2. The molecule has 0 aromatic heterocycles. The number of hydrogen-bond acceptors (Lipinski definition) is 1. The van der Waals surface area contributed by atoms with Crippen LogP contribution < -0.4 is 4.90 Å². The van der Waals surface area contributed by atoms with Gasteiger partial charge in [-0.25, -0.2) is 0 Å². The third kappa shape index (κ3) is 6.55. The van der Waals surface area contributed by atoms with Crippen molar-refractivity contribution in [1.29, 1.82) is 0 Å². The van der Waals surface area contributed by atoms with Crippen molar-refractivity contribution in [2.45, 2.75) is 26.2 Å². The van der Waals surface area contributed by atoms with Gasteiger partial charge in [0.2, 0.25) is 0 Å². The van der Waals surface area contributed by atoms with Crippen molar-refractivity contribution in [3.05, 3.63) is 235 Å². The largest absolute Gasteiger partial charge is 0.310 e. The van der Waals surface area contributed by atoms with Crippen molar-refractivity contribution in [3.63, 3.8) is 0 Å². The highest BCUT2D eigenvalue weighted by molar-refractivity contribution is 5.94. The average molecular weight is 756 g/mol. The molecule has 1 nitrogen and oxygen atoms in total. The molecule has 282 valence electrons. The standard InChI is InChI=1S/C58H45N/c1-40-16-10-11-21-49(40)54-38-46(43-28-26-42(27-29-43)41-17-6-4-7-18-41)32-37-57(54)59(48-35-36-53-52-24-14-15-25-55(52)58(2,3)56(53)39-48)47-33-30-45(31-34-47)51-23-13-12-22-50(51)44-19-8-5-9-20-44/h4-39H,1-3H3. The molecule has 0 amide bonds. The Morgan fingerprint density at radius 2 is 0.763 bits per heavy atom. The summed E-state index contributed by atoms with van der Waals surface area (Å²) in [5.74, 6) is 0. The molecule has 0 bridgehead atoms. The first kappa shape index (κ1) is 36.1. The lowest BCUT2D eigenvalue weighted by atomic mass is 9.82. The summed E-state index contributed by atoms with van der Waals surface area (Å²) in [6.07, 6.45) is 0. The zero-order valence-corrected chi connectivity index (χ0v) is 33.7. The highest BCUT2D eigenvalue weighted by Crippen LogP contribution is 2.52. The summed E-state index contributed by atoms with van der Waals surface area (Å²) in [5, 5.41) is 0. The number of fused-ring (bicyclic) bond motifs is 3. The predicted molar refractivity (Wildman–Crippen MR) is 251 cm³/mol. The van der Waals surface area contributed by atoms with Crippen molar-refractivity contribution in [2.24, 2.45) is 0 Å². The van der Waals surface area contributed by atoms with Gasteiger partial charge in [0.15, 0.2) is 0 Å². The van der Waals surface area contributed by atoms with Gasteiger partial charge in [0.1, 0.15) is 0 Å². The van der Waals surface area contributed by atoms with Crippen LogP contribution in [0.1, 0.15) is 30.5 Å². The van der Waals surface area contributed by atoms with Crippen LogP contribution in [0.3, 0.4) is 0 Å². The summed E-state index contributed by atoms with van der Waals surface area (Å²) in [4.78, 5) is 2.47. The first-order valence-corrected chi connectivity index (χ1v) is 20.6. The van der Waals surface area contributed by atoms with Crippen molar-refractivity contribution >= 4 is 17.1 Å². The minimum atomic E-state index is -0.132. The lowest BCUT2D eigenvalue weighted by molar-refractivity contribution is 0.660. The third-order valence-corrected chi connectivity index (χ3v) is 12.3. The molecule has 1 aliphatic carbocycles. The van der Waals surface area contributed by atoms with Gasteiger partial charge in [0.25, 0.3) is 0 Å². The van der Waals surface area contributed by atoms with Gasteiger partial charge in [-0.15, -0.1) is 0 Å². The van der Waals surface area contributed by atoms with Crippen molar-refractivity contribution < 1.29 is 0 Å². The van der Waals surface area contributed by atoms with E-state index in [0.29, 0.717) is 0 Å². The quantitative estimate of drug-likeness (QED) is 0.149. The van der Waals surface area contributed by atoms with Crippen LogP contribution in [-0.4, -0.2) is 0 Å². The Balaban J connectivity index is 1.14. The van der Waals surface area contributed by atoms with E-state index >= 15 is 0 Å². The lowest BCUT2D eigenvalue weighted by Gasteiger charge is -2.30. The topological polar surface area (TPSA) is 3.24 Å². The number of hydrogen-bond donors (Lipinski definition) is 0. The molecule has 0 saturated carbocycles. The van der Waals surface area contributed by atoms with E-state index in [-0.39, 0.29) is 5.41 Å². The highest BCUT2D eigenvalue weighted by Gasteiger charge is 2.36. The van der Waals surface area contributed by atoms with Crippen LogP contribution in [0, 0.1) is 6.92 Å². The van der Waals surface area contributed by atoms with E-state index in [1.54, 1.807) is 0 Å². The fourth-order valence-corrected chi connectivity index (χ4v) is 9.14. The summed E-state index contributed by atoms with van der Waals surface area (Å²) >= 11 is 0. The second kappa shape index (κ2) is 14.9. The number of rotatable bonds is 8. The van der Waals surface area contributed by atoms with Crippen molar-refractivity contribution in [2.75, 3.05) is 4.90 Å². The molecule has 59 heavy (non-hydrogen) atoms. The molecular formula is C58H45N. The maximum absolute atomic E-state index is 2.47. The monoisotopic (exact) mass is 755 g/mol. The van der Waals surface area contributed by atoms with Crippen LogP contribution in [0.25, 0.3) is 66.8 Å². The first-order chi connectivity index (χ1) is 28.9. The first-order valence-electron chi connectivity index (χ1n) is 20.6. The third-order valence-electron chi connectivity index (χ3n) is 12.3. The van der Waals surface area contributed by atoms with Gasteiger partial charge < -0.3 is 4.90 Å². The summed E-state index contributed by atoms with van der Waals surface area (Å²) in [6.45, 7) is 6.95. The summed E-state index contributed by atoms with van der Waals surface area (Å²) < 4.78 is 0. The van der Waals surface area contributed by atoms with Crippen LogP contribution in [0.15, 0.2) is 218 Å². The number of aryl methyl sites for hydroxylation is 1. The van der Waals surface area contributed by atoms with E-state index < -0.39 is 0 Å². The molecule has 0 radical (unpaired) electrons. The minimum absolute atomic E-state index is 0.132. The molecule has 0 saturated heterocycles. The van der Waals surface area contributed by atoms with Crippen LogP contribution in [-0.2, 0) is 5.41 Å². The van der Waals surface area contributed by atoms with Gasteiger partial charge in [-0.2, -0.15) is 0 Å². The zero-order chi connectivity index (χ0) is 39.9. The van der Waals surface area contributed by atoms with E-state index in [4.69, 9.17) is 0 Å². The normalized spacial score (nSPS) is 12.5. The van der Waals surface area contributed by atoms with Gasteiger partial charge in [0, 0.05) is 22.4 Å². The molecule has 0 unspecified atom stereocenters. The zero-order valence-electron chi connectivity index (χ0n) is 33.7. The van der Waals surface area contributed by atoms with Crippen LogP contribution in [0.2, 0.25) is 0 Å². The van der Waals surface area contributed by atoms with E-state index in [1.807, 2.05) is 0 Å². The fourth-order valence-electron chi connectivity index (χ4n) is 9.14. The Bertz CT molecular complexity index is 2940. The average Bonchev–Trinajstić information content (AvgIpc) is 3.53. The highest BCUT2D eigenvalue weighted by atomic mass is 15.1. The SMILES string of the molecule is Cc1ccccc1-c1cc(-c2ccc(-c3ccccc3)cc2)ccc1N(c1ccc(-c2ccccc2-c2ccccc2)cc1)c1ccc2c(c1)C(C)(C)c1ccccc1-2. The number of nitrogens with zero attached hydrogens (tertiary/aromatic N) is 1. The van der Waals surface area contributed by atoms with E-state index in [1.165, 1.54) is 83.5 Å². The molecular weight excluding hydrogens is 711 g/mol. The Hall–Kier alpha value is -7.22. The number of anilines is 3. The van der Waals surface area contributed by atoms with Crippen LogP contribution >= 0.6 is 0 Å². The summed E-state index contributed by atoms with van der Waals surface area (Å²) in [6, 6.07) is 79.9. The molecule has 0 spiro atoms. The smallest absolute Gasteiger partial charge is 0.0540 e. The Labute approximate surface area is 348 Å². The Morgan fingerprint density at radius 3 is 1.42 bits per heavy atom. The van der Waals surface area contributed by atoms with Gasteiger partial charge in [0.05, 0.1) is 5.69 Å². The van der Waals surface area contributed by atoms with Crippen LogP contribution in [0.4, 0.5) is 17.1 Å².